The highest BCUT2D eigenvalue weighted by Crippen LogP contribution is 2.07. The van der Waals surface area contributed by atoms with Crippen LogP contribution in [-0.4, -0.2) is 21.1 Å². The number of fused-ring (bicyclic) bond motifs is 1. The molecule has 0 spiro atoms. The molecular weight excluding hydrogens is 182 g/mol. The molecular formula is C9H7N3O2. The quantitative estimate of drug-likeness (QED) is 0.598. The summed E-state index contributed by atoms with van der Waals surface area (Å²) in [4.78, 5) is 26.1. The van der Waals surface area contributed by atoms with E-state index in [2.05, 4.69) is 10.1 Å². The SMILES string of the molecule is Cn1nc(C=O)c2cccnc2c1=O. The van der Waals surface area contributed by atoms with E-state index in [4.69, 9.17) is 0 Å². The molecule has 5 heteroatoms. The number of aromatic nitrogens is 3. The topological polar surface area (TPSA) is 64.8 Å². The Bertz CT molecular complexity index is 559. The summed E-state index contributed by atoms with van der Waals surface area (Å²) in [6, 6.07) is 3.32. The minimum Gasteiger partial charge on any atom is -0.296 e. The molecule has 5 nitrogen and oxygen atoms in total. The molecule has 0 N–H and O–H groups in total. The molecule has 0 saturated carbocycles. The van der Waals surface area contributed by atoms with E-state index >= 15 is 0 Å². The van der Waals surface area contributed by atoms with Gasteiger partial charge in [0.1, 0.15) is 11.2 Å². The molecule has 0 saturated heterocycles. The van der Waals surface area contributed by atoms with Gasteiger partial charge < -0.3 is 0 Å². The lowest BCUT2D eigenvalue weighted by Crippen LogP contribution is -2.22. The first kappa shape index (κ1) is 8.55. The molecule has 2 aromatic rings. The third-order valence-electron chi connectivity index (χ3n) is 1.95. The number of aryl methyl sites for hydroxylation is 1. The van der Waals surface area contributed by atoms with E-state index in [9.17, 15) is 9.59 Å². The summed E-state index contributed by atoms with van der Waals surface area (Å²) in [5.74, 6) is 0. The Labute approximate surface area is 79.0 Å². The van der Waals surface area contributed by atoms with Gasteiger partial charge in [-0.25, -0.2) is 4.68 Å². The number of hydrogen-bond acceptors (Lipinski definition) is 4. The zero-order valence-electron chi connectivity index (χ0n) is 7.47. The highest BCUT2D eigenvalue weighted by atomic mass is 16.1. The lowest BCUT2D eigenvalue weighted by atomic mass is 10.2. The number of carbonyl (C=O) groups excluding carboxylic acids is 1. The van der Waals surface area contributed by atoms with Crippen molar-refractivity contribution in [3.8, 4) is 0 Å². The van der Waals surface area contributed by atoms with Crippen molar-refractivity contribution in [2.24, 2.45) is 7.05 Å². The third-order valence-corrected chi connectivity index (χ3v) is 1.95. The number of aldehydes is 1. The van der Waals surface area contributed by atoms with E-state index < -0.39 is 0 Å². The van der Waals surface area contributed by atoms with Gasteiger partial charge in [-0.2, -0.15) is 5.10 Å². The Kier molecular flexibility index (Phi) is 1.85. The van der Waals surface area contributed by atoms with E-state index in [0.29, 0.717) is 11.7 Å². The van der Waals surface area contributed by atoms with Crippen LogP contribution in [0.5, 0.6) is 0 Å². The van der Waals surface area contributed by atoms with Crippen molar-refractivity contribution in [3.63, 3.8) is 0 Å². The van der Waals surface area contributed by atoms with Crippen molar-refractivity contribution < 1.29 is 4.79 Å². The number of rotatable bonds is 1. The smallest absolute Gasteiger partial charge is 0.292 e. The van der Waals surface area contributed by atoms with Crippen LogP contribution in [0.25, 0.3) is 10.9 Å². The van der Waals surface area contributed by atoms with Crippen LogP contribution in [0.15, 0.2) is 23.1 Å². The second kappa shape index (κ2) is 3.02. The van der Waals surface area contributed by atoms with Crippen molar-refractivity contribution in [1.82, 2.24) is 14.8 Å². The Morgan fingerprint density at radius 2 is 2.29 bits per heavy atom. The van der Waals surface area contributed by atoms with Crippen LogP contribution in [0.2, 0.25) is 0 Å². The van der Waals surface area contributed by atoms with E-state index in [-0.39, 0.29) is 16.8 Å². The van der Waals surface area contributed by atoms with E-state index in [1.165, 1.54) is 13.2 Å². The Hall–Kier alpha value is -2.04. The Morgan fingerprint density at radius 3 is 3.00 bits per heavy atom. The van der Waals surface area contributed by atoms with Crippen molar-refractivity contribution in [2.45, 2.75) is 0 Å². The van der Waals surface area contributed by atoms with Crippen LogP contribution in [-0.2, 0) is 7.05 Å². The summed E-state index contributed by atoms with van der Waals surface area (Å²) in [7, 11) is 1.49. The lowest BCUT2D eigenvalue weighted by Gasteiger charge is -2.01. The molecule has 0 fully saturated rings. The maximum absolute atomic E-state index is 11.5. The predicted molar refractivity (Wildman–Crippen MR) is 50.2 cm³/mol. The van der Waals surface area contributed by atoms with Crippen LogP contribution in [0.1, 0.15) is 10.5 Å². The average Bonchev–Trinajstić information content (AvgIpc) is 2.23. The van der Waals surface area contributed by atoms with E-state index in [1.54, 1.807) is 12.1 Å². The summed E-state index contributed by atoms with van der Waals surface area (Å²) in [5.41, 5.74) is 0.202. The van der Waals surface area contributed by atoms with Gasteiger partial charge in [0.25, 0.3) is 5.56 Å². The molecule has 70 valence electrons. The van der Waals surface area contributed by atoms with Gasteiger partial charge in [-0.15, -0.1) is 0 Å². The summed E-state index contributed by atoms with van der Waals surface area (Å²) in [6.07, 6.45) is 2.13. The molecule has 0 bridgehead atoms. The van der Waals surface area contributed by atoms with Crippen molar-refractivity contribution in [3.05, 3.63) is 34.4 Å². The van der Waals surface area contributed by atoms with Gasteiger partial charge in [-0.05, 0) is 12.1 Å². The third kappa shape index (κ3) is 1.10. The van der Waals surface area contributed by atoms with Gasteiger partial charge in [0, 0.05) is 18.6 Å². The monoisotopic (exact) mass is 189 g/mol. The molecule has 0 radical (unpaired) electrons. The van der Waals surface area contributed by atoms with Gasteiger partial charge >= 0.3 is 0 Å². The molecule has 0 aliphatic heterocycles. The molecule has 0 aliphatic rings. The maximum Gasteiger partial charge on any atom is 0.292 e. The van der Waals surface area contributed by atoms with Crippen LogP contribution in [0.3, 0.4) is 0 Å². The fourth-order valence-electron chi connectivity index (χ4n) is 1.28. The number of carbonyl (C=O) groups is 1. The van der Waals surface area contributed by atoms with Gasteiger partial charge in [-0.1, -0.05) is 0 Å². The Balaban J connectivity index is 3.04. The lowest BCUT2D eigenvalue weighted by molar-refractivity contribution is 0.111. The minimum atomic E-state index is -0.300. The molecule has 14 heavy (non-hydrogen) atoms. The molecule has 0 atom stereocenters. The van der Waals surface area contributed by atoms with Crippen molar-refractivity contribution in [1.29, 1.82) is 0 Å². The maximum atomic E-state index is 11.5. The largest absolute Gasteiger partial charge is 0.296 e. The number of pyridine rings is 1. The zero-order valence-corrected chi connectivity index (χ0v) is 7.47. The van der Waals surface area contributed by atoms with Crippen molar-refractivity contribution in [2.75, 3.05) is 0 Å². The minimum absolute atomic E-state index is 0.232. The number of nitrogens with zero attached hydrogens (tertiary/aromatic N) is 3. The molecule has 0 aromatic carbocycles. The molecule has 2 aromatic heterocycles. The normalized spacial score (nSPS) is 10.4. The standard InChI is InChI=1S/C9H7N3O2/c1-12-9(14)8-6(3-2-4-10-8)7(5-13)11-12/h2-5H,1H3. The molecule has 0 amide bonds. The fraction of sp³-hybridized carbons (Fsp3) is 0.111. The highest BCUT2D eigenvalue weighted by Gasteiger charge is 2.07. The summed E-state index contributed by atoms with van der Waals surface area (Å²) in [6.45, 7) is 0. The molecule has 0 unspecified atom stereocenters. The molecule has 0 aliphatic carbocycles. The van der Waals surface area contributed by atoms with Gasteiger partial charge in [0.05, 0.1) is 0 Å². The summed E-state index contributed by atoms with van der Waals surface area (Å²) < 4.78 is 1.11. The number of hydrogen-bond donors (Lipinski definition) is 0. The molecule has 2 rings (SSSR count). The first-order valence-electron chi connectivity index (χ1n) is 4.01. The first-order valence-corrected chi connectivity index (χ1v) is 4.01. The highest BCUT2D eigenvalue weighted by molar-refractivity contribution is 5.93. The van der Waals surface area contributed by atoms with Crippen LogP contribution >= 0.6 is 0 Å². The molecule has 2 heterocycles. The van der Waals surface area contributed by atoms with Crippen LogP contribution in [0, 0.1) is 0 Å². The zero-order chi connectivity index (χ0) is 10.1. The van der Waals surface area contributed by atoms with Crippen LogP contribution < -0.4 is 5.56 Å². The van der Waals surface area contributed by atoms with Crippen molar-refractivity contribution >= 4 is 17.2 Å². The van der Waals surface area contributed by atoms with E-state index in [1.807, 2.05) is 0 Å². The van der Waals surface area contributed by atoms with Gasteiger partial charge in [0.2, 0.25) is 0 Å². The van der Waals surface area contributed by atoms with Gasteiger partial charge in [0.15, 0.2) is 6.29 Å². The summed E-state index contributed by atoms with van der Waals surface area (Å²) >= 11 is 0. The first-order chi connectivity index (χ1) is 6.74. The van der Waals surface area contributed by atoms with Gasteiger partial charge in [-0.3, -0.25) is 14.6 Å². The second-order valence-corrected chi connectivity index (χ2v) is 2.83. The van der Waals surface area contributed by atoms with E-state index in [0.717, 1.165) is 4.68 Å². The predicted octanol–water partition coefficient (Wildman–Crippen LogP) is 0.141. The average molecular weight is 189 g/mol. The van der Waals surface area contributed by atoms with Crippen LogP contribution in [0.4, 0.5) is 0 Å². The summed E-state index contributed by atoms with van der Waals surface area (Å²) in [5, 5.41) is 4.31. The fourth-order valence-corrected chi connectivity index (χ4v) is 1.28. The second-order valence-electron chi connectivity index (χ2n) is 2.83. The Morgan fingerprint density at radius 1 is 1.50 bits per heavy atom.